The molecule has 0 aliphatic heterocycles. The standard InChI is InChI=1S/C18H28N2O/c1-14-8-6-7-11-17(14)20-18(21)19-15(2)12-13-16-9-4-3-5-10-16/h3-5,9-10,14-15,17H,6-8,11-13H2,1-2H3,(H2,19,20,21). The largest absolute Gasteiger partial charge is 0.336 e. The average Bonchev–Trinajstić information content (AvgIpc) is 2.48. The van der Waals surface area contributed by atoms with Gasteiger partial charge in [-0.15, -0.1) is 0 Å². The quantitative estimate of drug-likeness (QED) is 0.848. The predicted octanol–water partition coefficient (Wildman–Crippen LogP) is 3.89. The minimum Gasteiger partial charge on any atom is -0.336 e. The highest BCUT2D eigenvalue weighted by atomic mass is 16.2. The number of nitrogens with one attached hydrogen (secondary N) is 2. The van der Waals surface area contributed by atoms with Crippen LogP contribution in [0.2, 0.25) is 0 Å². The number of carbonyl (C=O) groups excluding carboxylic acids is 1. The summed E-state index contributed by atoms with van der Waals surface area (Å²) in [5.41, 5.74) is 1.33. The Morgan fingerprint density at radius 1 is 1.24 bits per heavy atom. The Kier molecular flexibility index (Phi) is 6.09. The van der Waals surface area contributed by atoms with Gasteiger partial charge in [0.15, 0.2) is 0 Å². The fraction of sp³-hybridized carbons (Fsp3) is 0.611. The molecule has 1 aromatic carbocycles. The van der Waals surface area contributed by atoms with E-state index in [2.05, 4.69) is 48.7 Å². The Hall–Kier alpha value is -1.51. The fourth-order valence-electron chi connectivity index (χ4n) is 3.06. The van der Waals surface area contributed by atoms with Gasteiger partial charge in [0.1, 0.15) is 0 Å². The molecule has 2 amide bonds. The van der Waals surface area contributed by atoms with Crippen molar-refractivity contribution < 1.29 is 4.79 Å². The lowest BCUT2D eigenvalue weighted by molar-refractivity contribution is 0.218. The van der Waals surface area contributed by atoms with E-state index in [1.165, 1.54) is 24.8 Å². The molecule has 21 heavy (non-hydrogen) atoms. The Morgan fingerprint density at radius 3 is 2.67 bits per heavy atom. The molecule has 0 radical (unpaired) electrons. The molecule has 3 atom stereocenters. The second-order valence-electron chi connectivity index (χ2n) is 6.41. The minimum atomic E-state index is -0.00527. The van der Waals surface area contributed by atoms with Crippen LogP contribution in [0.15, 0.2) is 30.3 Å². The van der Waals surface area contributed by atoms with Crippen molar-refractivity contribution in [2.24, 2.45) is 5.92 Å². The van der Waals surface area contributed by atoms with Gasteiger partial charge in [0.05, 0.1) is 0 Å². The Balaban J connectivity index is 1.69. The van der Waals surface area contributed by atoms with Crippen LogP contribution in [-0.2, 0) is 6.42 Å². The number of hydrogen-bond acceptors (Lipinski definition) is 1. The summed E-state index contributed by atoms with van der Waals surface area (Å²) in [6.45, 7) is 4.32. The van der Waals surface area contributed by atoms with E-state index in [9.17, 15) is 4.79 Å². The third kappa shape index (κ3) is 5.41. The molecule has 0 saturated heterocycles. The molecule has 1 aliphatic carbocycles. The topological polar surface area (TPSA) is 41.1 Å². The van der Waals surface area contributed by atoms with Gasteiger partial charge in [0.25, 0.3) is 0 Å². The summed E-state index contributed by atoms with van der Waals surface area (Å²) >= 11 is 0. The smallest absolute Gasteiger partial charge is 0.315 e. The summed E-state index contributed by atoms with van der Waals surface area (Å²) in [7, 11) is 0. The van der Waals surface area contributed by atoms with Crippen LogP contribution in [0.25, 0.3) is 0 Å². The maximum absolute atomic E-state index is 12.1. The summed E-state index contributed by atoms with van der Waals surface area (Å²) in [6.07, 6.45) is 6.86. The highest BCUT2D eigenvalue weighted by molar-refractivity contribution is 5.74. The number of urea groups is 1. The Labute approximate surface area is 128 Å². The first-order chi connectivity index (χ1) is 10.1. The summed E-state index contributed by atoms with van der Waals surface area (Å²) in [5, 5.41) is 6.22. The van der Waals surface area contributed by atoms with Crippen molar-refractivity contribution >= 4 is 6.03 Å². The molecule has 1 saturated carbocycles. The van der Waals surface area contributed by atoms with Crippen LogP contribution in [0, 0.1) is 5.92 Å². The van der Waals surface area contributed by atoms with Crippen LogP contribution in [0.5, 0.6) is 0 Å². The first kappa shape index (κ1) is 15.9. The average molecular weight is 288 g/mol. The third-order valence-corrected chi connectivity index (χ3v) is 4.51. The van der Waals surface area contributed by atoms with Gasteiger partial charge in [-0.05, 0) is 44.1 Å². The molecule has 3 heteroatoms. The first-order valence-electron chi connectivity index (χ1n) is 8.26. The highest BCUT2D eigenvalue weighted by Gasteiger charge is 2.23. The van der Waals surface area contributed by atoms with E-state index in [0.29, 0.717) is 12.0 Å². The molecule has 116 valence electrons. The molecule has 0 heterocycles. The maximum Gasteiger partial charge on any atom is 0.315 e. The molecule has 2 N–H and O–H groups in total. The van der Waals surface area contributed by atoms with Crippen LogP contribution < -0.4 is 10.6 Å². The van der Waals surface area contributed by atoms with Gasteiger partial charge in [-0.1, -0.05) is 50.1 Å². The first-order valence-corrected chi connectivity index (χ1v) is 8.26. The van der Waals surface area contributed by atoms with Crippen LogP contribution in [-0.4, -0.2) is 18.1 Å². The molecule has 0 bridgehead atoms. The normalized spacial score (nSPS) is 23.3. The van der Waals surface area contributed by atoms with E-state index in [1.54, 1.807) is 0 Å². The van der Waals surface area contributed by atoms with E-state index in [-0.39, 0.29) is 12.1 Å². The zero-order chi connectivity index (χ0) is 15.1. The molecule has 3 unspecified atom stereocenters. The number of carbonyl (C=O) groups is 1. The summed E-state index contributed by atoms with van der Waals surface area (Å²) in [5.74, 6) is 0.601. The van der Waals surface area contributed by atoms with Crippen molar-refractivity contribution in [1.82, 2.24) is 10.6 Å². The van der Waals surface area contributed by atoms with Crippen molar-refractivity contribution in [1.29, 1.82) is 0 Å². The van der Waals surface area contributed by atoms with Crippen molar-refractivity contribution in [3.63, 3.8) is 0 Å². The van der Waals surface area contributed by atoms with Crippen molar-refractivity contribution in [2.75, 3.05) is 0 Å². The monoisotopic (exact) mass is 288 g/mol. The summed E-state index contributed by atoms with van der Waals surface area (Å²) in [4.78, 5) is 12.1. The van der Waals surface area contributed by atoms with Gasteiger partial charge in [-0.3, -0.25) is 0 Å². The highest BCUT2D eigenvalue weighted by Crippen LogP contribution is 2.23. The van der Waals surface area contributed by atoms with Crippen LogP contribution in [0.4, 0.5) is 4.79 Å². The van der Waals surface area contributed by atoms with Gasteiger partial charge in [-0.2, -0.15) is 0 Å². The number of aryl methyl sites for hydroxylation is 1. The van der Waals surface area contributed by atoms with Crippen molar-refractivity contribution in [2.45, 2.75) is 64.5 Å². The van der Waals surface area contributed by atoms with Crippen molar-refractivity contribution in [3.05, 3.63) is 35.9 Å². The lowest BCUT2D eigenvalue weighted by Crippen LogP contribution is -2.48. The second-order valence-corrected chi connectivity index (χ2v) is 6.41. The van der Waals surface area contributed by atoms with Gasteiger partial charge in [0.2, 0.25) is 0 Å². The van der Waals surface area contributed by atoms with Gasteiger partial charge < -0.3 is 10.6 Å². The number of benzene rings is 1. The molecule has 0 spiro atoms. The SMILES string of the molecule is CC(CCc1ccccc1)NC(=O)NC1CCCCC1C. The van der Waals surface area contributed by atoms with Gasteiger partial charge in [-0.25, -0.2) is 4.79 Å². The van der Waals surface area contributed by atoms with Crippen LogP contribution in [0.3, 0.4) is 0 Å². The van der Waals surface area contributed by atoms with Crippen LogP contribution >= 0.6 is 0 Å². The number of hydrogen-bond donors (Lipinski definition) is 2. The fourth-order valence-corrected chi connectivity index (χ4v) is 3.06. The molecular formula is C18H28N2O. The Bertz CT molecular complexity index is 432. The lowest BCUT2D eigenvalue weighted by Gasteiger charge is -2.30. The second kappa shape index (κ2) is 8.06. The van der Waals surface area contributed by atoms with E-state index < -0.39 is 0 Å². The van der Waals surface area contributed by atoms with E-state index in [1.807, 2.05) is 6.07 Å². The minimum absolute atomic E-state index is 0.00527. The van der Waals surface area contributed by atoms with Gasteiger partial charge in [0, 0.05) is 12.1 Å². The molecule has 3 nitrogen and oxygen atoms in total. The van der Waals surface area contributed by atoms with E-state index in [4.69, 9.17) is 0 Å². The number of amides is 2. The van der Waals surface area contributed by atoms with Gasteiger partial charge >= 0.3 is 6.03 Å². The van der Waals surface area contributed by atoms with Crippen LogP contribution in [0.1, 0.15) is 51.5 Å². The molecule has 1 aliphatic rings. The predicted molar refractivity (Wildman–Crippen MR) is 87.3 cm³/mol. The molecule has 0 aromatic heterocycles. The molecule has 1 aromatic rings. The van der Waals surface area contributed by atoms with E-state index in [0.717, 1.165) is 19.3 Å². The van der Waals surface area contributed by atoms with E-state index >= 15 is 0 Å². The summed E-state index contributed by atoms with van der Waals surface area (Å²) in [6, 6.07) is 11.0. The molecular weight excluding hydrogens is 260 g/mol. The Morgan fingerprint density at radius 2 is 1.95 bits per heavy atom. The summed E-state index contributed by atoms with van der Waals surface area (Å²) < 4.78 is 0. The number of rotatable bonds is 5. The molecule has 2 rings (SSSR count). The zero-order valence-electron chi connectivity index (χ0n) is 13.3. The third-order valence-electron chi connectivity index (χ3n) is 4.51. The maximum atomic E-state index is 12.1. The van der Waals surface area contributed by atoms with Crippen molar-refractivity contribution in [3.8, 4) is 0 Å². The zero-order valence-corrected chi connectivity index (χ0v) is 13.3. The molecule has 1 fully saturated rings. The lowest BCUT2D eigenvalue weighted by atomic mass is 9.86.